The van der Waals surface area contributed by atoms with Crippen LogP contribution in [0, 0.1) is 5.92 Å². The maximum atomic E-state index is 12.7. The van der Waals surface area contributed by atoms with Gasteiger partial charge in [0, 0.05) is 42.2 Å². The lowest BCUT2D eigenvalue weighted by molar-refractivity contribution is 0.0951. The number of hydrogen-bond donors (Lipinski definition) is 3. The third-order valence-electron chi connectivity index (χ3n) is 7.82. The SMILES string of the molecule is CC(C)=C1N=C(Nc2ccc(C(=O)NCc3ccccc3)cc2)CCC(C)C(Nc2cccc(Cc3nc4ccccc4s3)c2)=N1. The van der Waals surface area contributed by atoms with Crippen LogP contribution in [0.2, 0.25) is 0 Å². The molecule has 0 aliphatic carbocycles. The smallest absolute Gasteiger partial charge is 0.251 e. The van der Waals surface area contributed by atoms with E-state index in [0.717, 1.165) is 64.0 Å². The molecule has 8 heteroatoms. The van der Waals surface area contributed by atoms with Gasteiger partial charge in [0.1, 0.15) is 11.7 Å². The fourth-order valence-electron chi connectivity index (χ4n) is 5.22. The summed E-state index contributed by atoms with van der Waals surface area (Å²) >= 11 is 1.75. The number of nitrogens with zero attached hydrogens (tertiary/aromatic N) is 3. The molecule has 0 saturated carbocycles. The second-order valence-electron chi connectivity index (χ2n) is 11.8. The van der Waals surface area contributed by atoms with E-state index in [-0.39, 0.29) is 11.8 Å². The summed E-state index contributed by atoms with van der Waals surface area (Å²) in [5, 5.41) is 11.2. The lowest BCUT2D eigenvalue weighted by Gasteiger charge is -2.21. The first-order valence-electron chi connectivity index (χ1n) is 15.6. The topological polar surface area (TPSA) is 90.8 Å². The van der Waals surface area contributed by atoms with E-state index in [1.807, 2.05) is 74.5 Å². The summed E-state index contributed by atoms with van der Waals surface area (Å²) in [6, 6.07) is 34.2. The molecule has 7 nitrogen and oxygen atoms in total. The number of carbonyl (C=O) groups is 1. The molecule has 0 radical (unpaired) electrons. The van der Waals surface area contributed by atoms with Crippen molar-refractivity contribution >= 4 is 50.5 Å². The Labute approximate surface area is 274 Å². The molecule has 1 atom stereocenters. The summed E-state index contributed by atoms with van der Waals surface area (Å²) in [5.41, 5.74) is 6.86. The monoisotopic (exact) mass is 626 g/mol. The molecule has 5 aromatic rings. The van der Waals surface area contributed by atoms with Crippen molar-refractivity contribution in [3.05, 3.63) is 136 Å². The molecule has 1 amide bonds. The van der Waals surface area contributed by atoms with Gasteiger partial charge in [0.15, 0.2) is 5.82 Å². The molecular weight excluding hydrogens is 589 g/mol. The predicted molar refractivity (Wildman–Crippen MR) is 192 cm³/mol. The Morgan fingerprint density at radius 3 is 2.37 bits per heavy atom. The Bertz CT molecular complexity index is 1890. The molecule has 6 rings (SSSR count). The number of carbonyl (C=O) groups excluding carboxylic acids is 1. The van der Waals surface area contributed by atoms with Crippen LogP contribution >= 0.6 is 11.3 Å². The van der Waals surface area contributed by atoms with Crippen LogP contribution in [0.4, 0.5) is 11.4 Å². The van der Waals surface area contributed by atoms with Crippen LogP contribution in [0.5, 0.6) is 0 Å². The number of hydrogen-bond acceptors (Lipinski definition) is 7. The maximum Gasteiger partial charge on any atom is 0.251 e. The van der Waals surface area contributed by atoms with Crippen molar-refractivity contribution in [3.8, 4) is 0 Å². The molecular formula is C38H38N6OS. The number of allylic oxidation sites excluding steroid dienone is 1. The number of amides is 1. The van der Waals surface area contributed by atoms with E-state index < -0.39 is 0 Å². The second-order valence-corrected chi connectivity index (χ2v) is 12.9. The van der Waals surface area contributed by atoms with Crippen LogP contribution in [0.25, 0.3) is 10.2 Å². The van der Waals surface area contributed by atoms with Crippen molar-refractivity contribution in [1.82, 2.24) is 10.3 Å². The number of aromatic nitrogens is 1. The third kappa shape index (κ3) is 7.95. The Morgan fingerprint density at radius 2 is 1.59 bits per heavy atom. The largest absolute Gasteiger partial charge is 0.348 e. The fourth-order valence-corrected chi connectivity index (χ4v) is 6.22. The lowest BCUT2D eigenvalue weighted by Crippen LogP contribution is -2.25. The Kier molecular flexibility index (Phi) is 9.65. The highest BCUT2D eigenvalue weighted by molar-refractivity contribution is 7.18. The number of amidine groups is 2. The van der Waals surface area contributed by atoms with Crippen molar-refractivity contribution in [1.29, 1.82) is 0 Å². The van der Waals surface area contributed by atoms with Gasteiger partial charge >= 0.3 is 0 Å². The summed E-state index contributed by atoms with van der Waals surface area (Å²) in [6.07, 6.45) is 2.42. The number of nitrogens with one attached hydrogen (secondary N) is 3. The van der Waals surface area contributed by atoms with Crippen LogP contribution in [-0.2, 0) is 13.0 Å². The minimum absolute atomic E-state index is 0.101. The number of rotatable bonds is 7. The number of anilines is 2. The van der Waals surface area contributed by atoms with Crippen LogP contribution in [-0.4, -0.2) is 22.6 Å². The first-order chi connectivity index (χ1) is 22.4. The van der Waals surface area contributed by atoms with Gasteiger partial charge < -0.3 is 16.0 Å². The average molecular weight is 627 g/mol. The van der Waals surface area contributed by atoms with Gasteiger partial charge in [-0.3, -0.25) is 4.79 Å². The molecule has 0 fully saturated rings. The molecule has 4 aromatic carbocycles. The molecule has 0 saturated heterocycles. The van der Waals surface area contributed by atoms with E-state index in [0.29, 0.717) is 17.9 Å². The molecule has 1 aromatic heterocycles. The molecule has 3 N–H and O–H groups in total. The minimum atomic E-state index is -0.101. The van der Waals surface area contributed by atoms with Crippen LogP contribution in [0.15, 0.2) is 125 Å². The van der Waals surface area contributed by atoms with Gasteiger partial charge in [-0.05, 0) is 85.5 Å². The summed E-state index contributed by atoms with van der Waals surface area (Å²) in [6.45, 7) is 6.76. The molecule has 0 bridgehead atoms. The van der Waals surface area contributed by atoms with Crippen molar-refractivity contribution in [2.24, 2.45) is 15.9 Å². The second kappa shape index (κ2) is 14.3. The highest BCUT2D eigenvalue weighted by atomic mass is 32.1. The number of aliphatic imine (C=N–C) groups is 2. The van der Waals surface area contributed by atoms with E-state index in [1.54, 1.807) is 11.3 Å². The fraction of sp³-hybridized carbons (Fsp3) is 0.211. The lowest BCUT2D eigenvalue weighted by atomic mass is 10.0. The van der Waals surface area contributed by atoms with Gasteiger partial charge in [0.05, 0.1) is 15.2 Å². The quantitative estimate of drug-likeness (QED) is 0.168. The van der Waals surface area contributed by atoms with Crippen molar-refractivity contribution < 1.29 is 4.79 Å². The molecule has 1 aliphatic heterocycles. The standard InChI is InChI=1S/C38H38N6OS/c1-25(2)36-43-34(40-30-19-17-29(18-20-30)38(45)39-24-27-10-5-4-6-11-27)21-16-26(3)37(44-36)41-31-13-9-12-28(22-31)23-35-42-32-14-7-8-15-33(32)46-35/h4-15,17-20,22,26H,16,21,23-24H2,1-3H3,(H,39,45)(H,40,43)(H,41,44). The third-order valence-corrected chi connectivity index (χ3v) is 8.86. The zero-order valence-corrected chi connectivity index (χ0v) is 27.2. The Morgan fingerprint density at radius 1 is 0.826 bits per heavy atom. The van der Waals surface area contributed by atoms with Crippen molar-refractivity contribution in [3.63, 3.8) is 0 Å². The van der Waals surface area contributed by atoms with E-state index in [1.165, 1.54) is 10.3 Å². The highest BCUT2D eigenvalue weighted by Crippen LogP contribution is 2.26. The van der Waals surface area contributed by atoms with Crippen molar-refractivity contribution in [2.75, 3.05) is 10.6 Å². The number of thiazole rings is 1. The maximum absolute atomic E-state index is 12.7. The molecule has 2 heterocycles. The van der Waals surface area contributed by atoms with E-state index >= 15 is 0 Å². The van der Waals surface area contributed by atoms with Gasteiger partial charge in [-0.2, -0.15) is 0 Å². The number of benzene rings is 4. The minimum Gasteiger partial charge on any atom is -0.348 e. The van der Waals surface area contributed by atoms with Crippen LogP contribution in [0.3, 0.4) is 0 Å². The van der Waals surface area contributed by atoms with E-state index in [4.69, 9.17) is 15.0 Å². The number of fused-ring (bicyclic) bond motifs is 1. The Balaban J connectivity index is 1.13. The average Bonchev–Trinajstić information content (AvgIpc) is 3.47. The summed E-state index contributed by atoms with van der Waals surface area (Å²) in [5.74, 6) is 2.53. The predicted octanol–water partition coefficient (Wildman–Crippen LogP) is 8.82. The van der Waals surface area contributed by atoms with Gasteiger partial charge in [-0.25, -0.2) is 15.0 Å². The van der Waals surface area contributed by atoms with Crippen molar-refractivity contribution in [2.45, 2.75) is 46.6 Å². The zero-order valence-electron chi connectivity index (χ0n) is 26.4. The molecule has 0 spiro atoms. The summed E-state index contributed by atoms with van der Waals surface area (Å²) < 4.78 is 1.21. The summed E-state index contributed by atoms with van der Waals surface area (Å²) in [4.78, 5) is 27.4. The van der Waals surface area contributed by atoms with E-state index in [9.17, 15) is 4.79 Å². The van der Waals surface area contributed by atoms with Gasteiger partial charge in [-0.15, -0.1) is 11.3 Å². The Hall–Kier alpha value is -5.08. The summed E-state index contributed by atoms with van der Waals surface area (Å²) in [7, 11) is 0. The number of para-hydroxylation sites is 1. The van der Waals surface area contributed by atoms with Gasteiger partial charge in [-0.1, -0.05) is 61.5 Å². The first-order valence-corrected chi connectivity index (χ1v) is 16.4. The van der Waals surface area contributed by atoms with Gasteiger partial charge in [0.2, 0.25) is 0 Å². The molecule has 232 valence electrons. The normalized spacial score (nSPS) is 14.9. The first kappa shape index (κ1) is 30.9. The van der Waals surface area contributed by atoms with Crippen LogP contribution < -0.4 is 16.0 Å². The molecule has 1 aliphatic rings. The van der Waals surface area contributed by atoms with Crippen LogP contribution in [0.1, 0.15) is 60.1 Å². The molecule has 1 unspecified atom stereocenters. The zero-order chi connectivity index (χ0) is 31.9. The highest BCUT2D eigenvalue weighted by Gasteiger charge is 2.18. The van der Waals surface area contributed by atoms with Gasteiger partial charge in [0.25, 0.3) is 5.91 Å². The molecule has 46 heavy (non-hydrogen) atoms. The van der Waals surface area contributed by atoms with E-state index in [2.05, 4.69) is 65.3 Å².